The van der Waals surface area contributed by atoms with Gasteiger partial charge >= 0.3 is 0 Å². The third-order valence-electron chi connectivity index (χ3n) is 4.95. The molecule has 0 amide bonds. The minimum atomic E-state index is 0.253. The molecule has 0 radical (unpaired) electrons. The standard InChI is InChI=1S/C19H29ClN8O/c1-14-25-26-17(27(14)2)12-23-19(22-9-5-11-29-3)24-15-7-10-28(13-15)18-16(20)6-4-8-21-18/h4,6,8,15H,5,7,9-13H2,1-3H3,(H2,22,23,24). The van der Waals surface area contributed by atoms with E-state index in [-0.39, 0.29) is 6.04 Å². The van der Waals surface area contributed by atoms with Gasteiger partial charge in [0.05, 0.1) is 5.02 Å². The van der Waals surface area contributed by atoms with Crippen LogP contribution in [-0.4, -0.2) is 65.1 Å². The zero-order chi connectivity index (χ0) is 20.6. The first-order valence-electron chi connectivity index (χ1n) is 9.82. The van der Waals surface area contributed by atoms with E-state index >= 15 is 0 Å². The molecular weight excluding hydrogens is 392 g/mol. The summed E-state index contributed by atoms with van der Waals surface area (Å²) in [4.78, 5) is 11.3. The average Bonchev–Trinajstić information content (AvgIpc) is 3.31. The van der Waals surface area contributed by atoms with Crippen molar-refractivity contribution < 1.29 is 4.74 Å². The van der Waals surface area contributed by atoms with Gasteiger partial charge in [0.1, 0.15) is 18.2 Å². The van der Waals surface area contributed by atoms with Crippen LogP contribution >= 0.6 is 11.6 Å². The molecule has 1 atom stereocenters. The highest BCUT2D eigenvalue weighted by Crippen LogP contribution is 2.25. The molecule has 0 aliphatic carbocycles. The number of halogens is 1. The number of guanidine groups is 1. The largest absolute Gasteiger partial charge is 0.385 e. The molecular formula is C19H29ClN8O. The number of ether oxygens (including phenoxy) is 1. The van der Waals surface area contributed by atoms with E-state index < -0.39 is 0 Å². The van der Waals surface area contributed by atoms with Crippen LogP contribution in [0.3, 0.4) is 0 Å². The number of nitrogens with zero attached hydrogens (tertiary/aromatic N) is 6. The van der Waals surface area contributed by atoms with Crippen LogP contribution in [0.4, 0.5) is 5.82 Å². The Balaban J connectivity index is 1.62. The fourth-order valence-electron chi connectivity index (χ4n) is 3.19. The maximum Gasteiger partial charge on any atom is 0.191 e. The van der Waals surface area contributed by atoms with Gasteiger partial charge in [0.15, 0.2) is 11.8 Å². The van der Waals surface area contributed by atoms with Gasteiger partial charge in [0, 0.05) is 52.6 Å². The molecule has 1 fully saturated rings. The number of hydrogen-bond donors (Lipinski definition) is 2. The number of hydrogen-bond acceptors (Lipinski definition) is 6. The first kappa shape index (κ1) is 21.3. The maximum absolute atomic E-state index is 6.30. The van der Waals surface area contributed by atoms with Crippen molar-refractivity contribution in [2.75, 3.05) is 38.3 Å². The molecule has 158 valence electrons. The van der Waals surface area contributed by atoms with Crippen LogP contribution in [0, 0.1) is 6.92 Å². The normalized spacial score (nSPS) is 17.0. The van der Waals surface area contributed by atoms with Crippen LogP contribution in [0.25, 0.3) is 0 Å². The summed E-state index contributed by atoms with van der Waals surface area (Å²) >= 11 is 6.30. The topological polar surface area (TPSA) is 92.5 Å². The first-order chi connectivity index (χ1) is 14.1. The fourth-order valence-corrected chi connectivity index (χ4v) is 3.43. The molecule has 29 heavy (non-hydrogen) atoms. The number of aliphatic imine (C=N–C) groups is 1. The van der Waals surface area contributed by atoms with E-state index in [1.807, 2.05) is 30.7 Å². The third-order valence-corrected chi connectivity index (χ3v) is 5.24. The van der Waals surface area contributed by atoms with Crippen molar-refractivity contribution in [2.24, 2.45) is 12.0 Å². The fraction of sp³-hybridized carbons (Fsp3) is 0.579. The smallest absolute Gasteiger partial charge is 0.191 e. The molecule has 0 aromatic carbocycles. The number of nitrogens with one attached hydrogen (secondary N) is 2. The molecule has 0 bridgehead atoms. The van der Waals surface area contributed by atoms with Gasteiger partial charge < -0.3 is 24.8 Å². The summed E-state index contributed by atoms with van der Waals surface area (Å²) in [5.74, 6) is 3.30. The van der Waals surface area contributed by atoms with Crippen LogP contribution in [0.15, 0.2) is 23.3 Å². The second kappa shape index (κ2) is 10.4. The molecule has 1 aliphatic rings. The number of methoxy groups -OCH3 is 1. The number of aromatic nitrogens is 4. The summed E-state index contributed by atoms with van der Waals surface area (Å²) in [6.07, 6.45) is 3.66. The molecule has 2 N–H and O–H groups in total. The zero-order valence-electron chi connectivity index (χ0n) is 17.2. The summed E-state index contributed by atoms with van der Waals surface area (Å²) in [5.41, 5.74) is 0. The Morgan fingerprint density at radius 3 is 3.00 bits per heavy atom. The number of anilines is 1. The van der Waals surface area contributed by atoms with Gasteiger partial charge in [-0.1, -0.05) is 11.6 Å². The molecule has 1 saturated heterocycles. The lowest BCUT2D eigenvalue weighted by molar-refractivity contribution is 0.195. The summed E-state index contributed by atoms with van der Waals surface area (Å²) in [6, 6.07) is 3.97. The summed E-state index contributed by atoms with van der Waals surface area (Å²) in [5, 5.41) is 15.9. The van der Waals surface area contributed by atoms with E-state index in [2.05, 4.69) is 30.7 Å². The Morgan fingerprint density at radius 2 is 2.28 bits per heavy atom. The number of aryl methyl sites for hydroxylation is 1. The number of pyridine rings is 1. The highest BCUT2D eigenvalue weighted by atomic mass is 35.5. The van der Waals surface area contributed by atoms with E-state index in [0.717, 1.165) is 55.9 Å². The van der Waals surface area contributed by atoms with E-state index in [9.17, 15) is 0 Å². The molecule has 3 rings (SSSR count). The van der Waals surface area contributed by atoms with Crippen LogP contribution in [0.2, 0.25) is 5.02 Å². The molecule has 2 aromatic rings. The lowest BCUT2D eigenvalue weighted by atomic mass is 10.3. The van der Waals surface area contributed by atoms with Gasteiger partial charge in [0.2, 0.25) is 0 Å². The maximum atomic E-state index is 6.30. The van der Waals surface area contributed by atoms with Gasteiger partial charge in [0.25, 0.3) is 0 Å². The van der Waals surface area contributed by atoms with Gasteiger partial charge in [-0.2, -0.15) is 0 Å². The average molecular weight is 421 g/mol. The van der Waals surface area contributed by atoms with Crippen LogP contribution in [0.5, 0.6) is 0 Å². The molecule has 10 heteroatoms. The molecule has 3 heterocycles. The van der Waals surface area contributed by atoms with Crippen molar-refractivity contribution in [2.45, 2.75) is 32.4 Å². The van der Waals surface area contributed by atoms with Crippen LogP contribution in [0.1, 0.15) is 24.5 Å². The number of rotatable bonds is 8. The van der Waals surface area contributed by atoms with Crippen molar-refractivity contribution in [3.05, 3.63) is 35.0 Å². The zero-order valence-corrected chi connectivity index (χ0v) is 18.0. The van der Waals surface area contributed by atoms with E-state index in [0.29, 0.717) is 18.2 Å². The SMILES string of the molecule is COCCCNC(=NCc1nnc(C)n1C)NC1CCN(c2ncccc2Cl)C1. The monoisotopic (exact) mass is 420 g/mol. The highest BCUT2D eigenvalue weighted by Gasteiger charge is 2.25. The Bertz CT molecular complexity index is 824. The molecule has 1 aliphatic heterocycles. The third kappa shape index (κ3) is 5.80. The van der Waals surface area contributed by atoms with Gasteiger partial charge in [-0.25, -0.2) is 9.98 Å². The van der Waals surface area contributed by atoms with Crippen LogP contribution < -0.4 is 15.5 Å². The van der Waals surface area contributed by atoms with Gasteiger partial charge in [-0.05, 0) is 31.9 Å². The molecule has 9 nitrogen and oxygen atoms in total. The minimum Gasteiger partial charge on any atom is -0.385 e. The second-order valence-corrected chi connectivity index (χ2v) is 7.45. The second-order valence-electron chi connectivity index (χ2n) is 7.05. The van der Waals surface area contributed by atoms with E-state index in [4.69, 9.17) is 21.3 Å². The summed E-state index contributed by atoms with van der Waals surface area (Å²) < 4.78 is 7.08. The Morgan fingerprint density at radius 1 is 1.41 bits per heavy atom. The van der Waals surface area contributed by atoms with Gasteiger partial charge in [-0.15, -0.1) is 10.2 Å². The molecule has 1 unspecified atom stereocenters. The molecule has 0 saturated carbocycles. The molecule has 2 aromatic heterocycles. The van der Waals surface area contributed by atoms with E-state index in [1.165, 1.54) is 0 Å². The Hall–Kier alpha value is -2.39. The highest BCUT2D eigenvalue weighted by molar-refractivity contribution is 6.32. The quantitative estimate of drug-likeness (QED) is 0.380. The summed E-state index contributed by atoms with van der Waals surface area (Å²) in [6.45, 7) is 5.59. The predicted molar refractivity (Wildman–Crippen MR) is 114 cm³/mol. The van der Waals surface area contributed by atoms with E-state index in [1.54, 1.807) is 13.3 Å². The van der Waals surface area contributed by atoms with Crippen molar-refractivity contribution >= 4 is 23.4 Å². The predicted octanol–water partition coefficient (Wildman–Crippen LogP) is 1.52. The minimum absolute atomic E-state index is 0.253. The van der Waals surface area contributed by atoms with Crippen molar-refractivity contribution in [1.29, 1.82) is 0 Å². The van der Waals surface area contributed by atoms with Crippen molar-refractivity contribution in [3.63, 3.8) is 0 Å². The molecule has 0 spiro atoms. The van der Waals surface area contributed by atoms with Crippen molar-refractivity contribution in [3.8, 4) is 0 Å². The lowest BCUT2D eigenvalue weighted by Crippen LogP contribution is -2.45. The van der Waals surface area contributed by atoms with Gasteiger partial charge in [-0.3, -0.25) is 0 Å². The van der Waals surface area contributed by atoms with Crippen molar-refractivity contribution in [1.82, 2.24) is 30.4 Å². The Labute approximate surface area is 176 Å². The van der Waals surface area contributed by atoms with Crippen LogP contribution in [-0.2, 0) is 18.3 Å². The Kier molecular flexibility index (Phi) is 7.65. The summed E-state index contributed by atoms with van der Waals surface area (Å²) in [7, 11) is 3.66. The lowest BCUT2D eigenvalue weighted by Gasteiger charge is -2.20. The first-order valence-corrected chi connectivity index (χ1v) is 10.2.